The highest BCUT2D eigenvalue weighted by molar-refractivity contribution is 7.88. The highest BCUT2D eigenvalue weighted by Gasteiger charge is 2.19. The van der Waals surface area contributed by atoms with E-state index in [0.717, 1.165) is 11.8 Å². The van der Waals surface area contributed by atoms with E-state index in [1.807, 2.05) is 31.2 Å². The summed E-state index contributed by atoms with van der Waals surface area (Å²) in [7, 11) is -3.42. The lowest BCUT2D eigenvalue weighted by Gasteiger charge is -2.18. The molecule has 1 aromatic carbocycles. The van der Waals surface area contributed by atoms with Gasteiger partial charge in [0.25, 0.3) is 0 Å². The first-order valence-electron chi connectivity index (χ1n) is 7.18. The van der Waals surface area contributed by atoms with Crippen LogP contribution in [0.25, 0.3) is 0 Å². The van der Waals surface area contributed by atoms with Crippen molar-refractivity contribution >= 4 is 21.6 Å². The van der Waals surface area contributed by atoms with Gasteiger partial charge in [-0.2, -0.15) is 4.31 Å². The highest BCUT2D eigenvalue weighted by atomic mass is 32.2. The van der Waals surface area contributed by atoms with E-state index >= 15 is 0 Å². The zero-order valence-corrected chi connectivity index (χ0v) is 14.0. The molecule has 1 aromatic heterocycles. The number of benzene rings is 1. The van der Waals surface area contributed by atoms with Crippen LogP contribution in [0.5, 0.6) is 0 Å². The summed E-state index contributed by atoms with van der Waals surface area (Å²) in [6, 6.07) is 10.8. The minimum Gasteiger partial charge on any atom is -0.468 e. The topological polar surface area (TPSA) is 79.6 Å². The van der Waals surface area contributed by atoms with E-state index in [2.05, 4.69) is 5.32 Å². The fourth-order valence-electron chi connectivity index (χ4n) is 2.03. The molecular formula is C16H20N2O4S. The molecular weight excluding hydrogens is 316 g/mol. The van der Waals surface area contributed by atoms with E-state index in [-0.39, 0.29) is 25.4 Å². The molecule has 2 rings (SSSR count). The third-order valence-corrected chi connectivity index (χ3v) is 4.55. The summed E-state index contributed by atoms with van der Waals surface area (Å²) in [5, 5.41) is 2.75. The molecule has 1 heterocycles. The van der Waals surface area contributed by atoms with Crippen LogP contribution in [0.3, 0.4) is 0 Å². The smallest absolute Gasteiger partial charge is 0.225 e. The van der Waals surface area contributed by atoms with Crippen LogP contribution in [0.15, 0.2) is 47.1 Å². The van der Waals surface area contributed by atoms with Gasteiger partial charge >= 0.3 is 0 Å². The van der Waals surface area contributed by atoms with Crippen molar-refractivity contribution in [2.75, 3.05) is 18.1 Å². The Bertz CT molecular complexity index is 737. The van der Waals surface area contributed by atoms with Crippen molar-refractivity contribution in [1.82, 2.24) is 4.31 Å². The molecule has 0 aliphatic rings. The van der Waals surface area contributed by atoms with Gasteiger partial charge in [-0.1, -0.05) is 17.7 Å². The molecule has 0 atom stereocenters. The van der Waals surface area contributed by atoms with Gasteiger partial charge in [0.1, 0.15) is 5.76 Å². The van der Waals surface area contributed by atoms with Gasteiger partial charge in [0.2, 0.25) is 15.9 Å². The molecule has 0 fully saturated rings. The number of anilines is 1. The van der Waals surface area contributed by atoms with Crippen molar-refractivity contribution in [2.45, 2.75) is 19.9 Å². The van der Waals surface area contributed by atoms with Crippen molar-refractivity contribution in [1.29, 1.82) is 0 Å². The second-order valence-electron chi connectivity index (χ2n) is 5.34. The molecule has 0 radical (unpaired) electrons. The van der Waals surface area contributed by atoms with E-state index in [9.17, 15) is 13.2 Å². The Morgan fingerprint density at radius 1 is 1.22 bits per heavy atom. The Morgan fingerprint density at radius 2 is 1.91 bits per heavy atom. The Labute approximate surface area is 136 Å². The third kappa shape index (κ3) is 5.54. The molecule has 124 valence electrons. The number of carbonyl (C=O) groups excluding carboxylic acids is 1. The average molecular weight is 336 g/mol. The zero-order valence-electron chi connectivity index (χ0n) is 13.2. The molecule has 0 bridgehead atoms. The van der Waals surface area contributed by atoms with Gasteiger partial charge in [-0.3, -0.25) is 4.79 Å². The van der Waals surface area contributed by atoms with Crippen LogP contribution < -0.4 is 5.32 Å². The molecule has 0 aliphatic heterocycles. The highest BCUT2D eigenvalue weighted by Crippen LogP contribution is 2.12. The van der Waals surface area contributed by atoms with Crippen molar-refractivity contribution < 1.29 is 17.6 Å². The summed E-state index contributed by atoms with van der Waals surface area (Å²) in [6.45, 7) is 2.17. The zero-order chi connectivity index (χ0) is 16.9. The Kier molecular flexibility index (Phi) is 5.57. The van der Waals surface area contributed by atoms with Crippen molar-refractivity contribution in [3.63, 3.8) is 0 Å². The maximum Gasteiger partial charge on any atom is 0.225 e. The lowest BCUT2D eigenvalue weighted by Crippen LogP contribution is -2.32. The fraction of sp³-hybridized carbons (Fsp3) is 0.312. The fourth-order valence-corrected chi connectivity index (χ4v) is 2.81. The number of furan rings is 1. The van der Waals surface area contributed by atoms with Crippen molar-refractivity contribution in [2.24, 2.45) is 0 Å². The molecule has 7 heteroatoms. The largest absolute Gasteiger partial charge is 0.468 e. The third-order valence-electron chi connectivity index (χ3n) is 3.30. The van der Waals surface area contributed by atoms with Crippen LogP contribution in [0.1, 0.15) is 17.7 Å². The number of aryl methyl sites for hydroxylation is 1. The van der Waals surface area contributed by atoms with E-state index in [1.54, 1.807) is 12.1 Å². The first-order valence-corrected chi connectivity index (χ1v) is 9.03. The maximum absolute atomic E-state index is 12.0. The molecule has 2 aromatic rings. The maximum atomic E-state index is 12.0. The van der Waals surface area contributed by atoms with E-state index in [4.69, 9.17) is 4.42 Å². The lowest BCUT2D eigenvalue weighted by molar-refractivity contribution is -0.116. The van der Waals surface area contributed by atoms with Gasteiger partial charge in [0.15, 0.2) is 0 Å². The van der Waals surface area contributed by atoms with Gasteiger partial charge in [-0.15, -0.1) is 0 Å². The van der Waals surface area contributed by atoms with E-state index in [1.165, 1.54) is 10.6 Å². The standard InChI is InChI=1S/C16H20N2O4S/c1-13-5-7-14(8-6-13)17-16(19)9-10-18(23(2,20)21)12-15-4-3-11-22-15/h3-8,11H,9-10,12H2,1-2H3,(H,17,19). The second-order valence-corrected chi connectivity index (χ2v) is 7.32. The summed E-state index contributed by atoms with van der Waals surface area (Å²) < 4.78 is 30.0. The Morgan fingerprint density at radius 3 is 2.48 bits per heavy atom. The number of nitrogens with one attached hydrogen (secondary N) is 1. The van der Waals surface area contributed by atoms with Crippen LogP contribution in [0.4, 0.5) is 5.69 Å². The number of hydrogen-bond donors (Lipinski definition) is 1. The van der Waals surface area contributed by atoms with Crippen LogP contribution >= 0.6 is 0 Å². The number of hydrogen-bond acceptors (Lipinski definition) is 4. The van der Waals surface area contributed by atoms with Crippen molar-refractivity contribution in [3.05, 3.63) is 54.0 Å². The summed E-state index contributed by atoms with van der Waals surface area (Å²) in [5.74, 6) is 0.302. The van der Waals surface area contributed by atoms with Crippen molar-refractivity contribution in [3.8, 4) is 0 Å². The normalized spacial score (nSPS) is 11.6. The minimum absolute atomic E-state index is 0.0711. The molecule has 23 heavy (non-hydrogen) atoms. The predicted octanol–water partition coefficient (Wildman–Crippen LogP) is 2.38. The number of sulfonamides is 1. The van der Waals surface area contributed by atoms with Gasteiger partial charge in [0.05, 0.1) is 19.1 Å². The molecule has 0 unspecified atom stereocenters. The molecule has 0 spiro atoms. The summed E-state index contributed by atoms with van der Waals surface area (Å²) in [5.41, 5.74) is 1.79. The number of nitrogens with zero attached hydrogens (tertiary/aromatic N) is 1. The first kappa shape index (κ1) is 17.2. The van der Waals surface area contributed by atoms with Crippen LogP contribution in [-0.2, 0) is 21.4 Å². The first-order chi connectivity index (χ1) is 10.8. The lowest BCUT2D eigenvalue weighted by atomic mass is 10.2. The Hall–Kier alpha value is -2.12. The molecule has 1 N–H and O–H groups in total. The van der Waals surface area contributed by atoms with Crippen LogP contribution in [0.2, 0.25) is 0 Å². The number of carbonyl (C=O) groups is 1. The quantitative estimate of drug-likeness (QED) is 0.842. The number of amides is 1. The van der Waals surface area contributed by atoms with Gasteiger partial charge in [-0.25, -0.2) is 8.42 Å². The Balaban J connectivity index is 1.92. The molecule has 0 aliphatic carbocycles. The van der Waals surface area contributed by atoms with E-state index < -0.39 is 10.0 Å². The average Bonchev–Trinajstić information content (AvgIpc) is 2.98. The monoisotopic (exact) mass is 336 g/mol. The number of rotatable bonds is 7. The molecule has 6 nitrogen and oxygen atoms in total. The van der Waals surface area contributed by atoms with Gasteiger partial charge in [0, 0.05) is 18.7 Å². The van der Waals surface area contributed by atoms with Crippen LogP contribution in [-0.4, -0.2) is 31.4 Å². The summed E-state index contributed by atoms with van der Waals surface area (Å²) in [4.78, 5) is 12.0. The molecule has 1 amide bonds. The summed E-state index contributed by atoms with van der Waals surface area (Å²) in [6.07, 6.45) is 2.68. The predicted molar refractivity (Wildman–Crippen MR) is 88.4 cm³/mol. The van der Waals surface area contributed by atoms with E-state index in [0.29, 0.717) is 11.4 Å². The van der Waals surface area contributed by atoms with Gasteiger partial charge < -0.3 is 9.73 Å². The molecule has 0 saturated carbocycles. The minimum atomic E-state index is -3.42. The second kappa shape index (κ2) is 7.43. The van der Waals surface area contributed by atoms with Crippen LogP contribution in [0, 0.1) is 6.92 Å². The van der Waals surface area contributed by atoms with Gasteiger partial charge in [-0.05, 0) is 31.2 Å². The molecule has 0 saturated heterocycles. The summed E-state index contributed by atoms with van der Waals surface area (Å²) >= 11 is 0. The SMILES string of the molecule is Cc1ccc(NC(=O)CCN(Cc2ccco2)S(C)(=O)=O)cc1.